The summed E-state index contributed by atoms with van der Waals surface area (Å²) in [7, 11) is 0. The van der Waals surface area contributed by atoms with Crippen molar-refractivity contribution in [1.29, 1.82) is 5.26 Å². The number of hydrogen-bond donors (Lipinski definition) is 1. The van der Waals surface area contributed by atoms with Crippen LogP contribution < -0.4 is 10.2 Å². The highest BCUT2D eigenvalue weighted by atomic mass is 32.2. The van der Waals surface area contributed by atoms with Gasteiger partial charge in [-0.2, -0.15) is 5.26 Å². The molecule has 0 radical (unpaired) electrons. The molecule has 2 aromatic rings. The van der Waals surface area contributed by atoms with Crippen molar-refractivity contribution in [2.24, 2.45) is 5.41 Å². The molecule has 1 aromatic heterocycles. The molecule has 0 saturated carbocycles. The van der Waals surface area contributed by atoms with Gasteiger partial charge < -0.3 is 15.1 Å². The third-order valence-corrected chi connectivity index (χ3v) is 7.10. The summed E-state index contributed by atoms with van der Waals surface area (Å²) >= 11 is 1.55. The lowest BCUT2D eigenvalue weighted by molar-refractivity contribution is -0.129. The zero-order valence-corrected chi connectivity index (χ0v) is 18.0. The Morgan fingerprint density at radius 1 is 1.37 bits per heavy atom. The van der Waals surface area contributed by atoms with E-state index in [4.69, 9.17) is 5.26 Å². The van der Waals surface area contributed by atoms with Crippen LogP contribution in [0.25, 0.3) is 10.9 Å². The van der Waals surface area contributed by atoms with E-state index in [1.54, 1.807) is 24.0 Å². The number of anilines is 1. The number of thioether (sulfide) groups is 1. The van der Waals surface area contributed by atoms with E-state index in [2.05, 4.69) is 35.1 Å². The van der Waals surface area contributed by atoms with Gasteiger partial charge in [-0.3, -0.25) is 14.6 Å². The average Bonchev–Trinajstić information content (AvgIpc) is 3.23. The lowest BCUT2D eigenvalue weighted by Gasteiger charge is -2.49. The Balaban J connectivity index is 1.49. The highest BCUT2D eigenvalue weighted by molar-refractivity contribution is 7.99. The smallest absolute Gasteiger partial charge is 0.252 e. The number of carbonyl (C=O) groups is 2. The lowest BCUT2D eigenvalue weighted by atomic mass is 9.79. The van der Waals surface area contributed by atoms with E-state index < -0.39 is 6.04 Å². The molecule has 1 atom stereocenters. The van der Waals surface area contributed by atoms with Gasteiger partial charge in [0, 0.05) is 41.5 Å². The van der Waals surface area contributed by atoms with Gasteiger partial charge in [-0.15, -0.1) is 11.8 Å². The topological polar surface area (TPSA) is 89.3 Å². The second kappa shape index (κ2) is 8.15. The molecule has 0 spiro atoms. The Labute approximate surface area is 180 Å². The molecule has 1 N–H and O–H groups in total. The molecule has 156 valence electrons. The summed E-state index contributed by atoms with van der Waals surface area (Å²) in [6, 6.07) is 9.39. The Kier molecular flexibility index (Phi) is 5.56. The monoisotopic (exact) mass is 423 g/mol. The number of rotatable bonds is 5. The Bertz CT molecular complexity index is 1030. The van der Waals surface area contributed by atoms with Gasteiger partial charge in [-0.05, 0) is 30.7 Å². The number of amides is 2. The van der Waals surface area contributed by atoms with E-state index in [9.17, 15) is 9.59 Å². The first kappa shape index (κ1) is 20.5. The van der Waals surface area contributed by atoms with Gasteiger partial charge in [-0.1, -0.05) is 13.8 Å². The molecule has 1 aromatic carbocycles. The van der Waals surface area contributed by atoms with Crippen LogP contribution in [0.3, 0.4) is 0 Å². The molecule has 7 nitrogen and oxygen atoms in total. The average molecular weight is 424 g/mol. The van der Waals surface area contributed by atoms with E-state index in [1.165, 1.54) is 4.90 Å². The predicted octanol–water partition coefficient (Wildman–Crippen LogP) is 2.63. The number of nitriles is 1. The number of nitrogens with one attached hydrogen (secondary N) is 1. The number of pyridine rings is 1. The van der Waals surface area contributed by atoms with Gasteiger partial charge in [0.15, 0.2) is 0 Å². The van der Waals surface area contributed by atoms with Gasteiger partial charge in [0.05, 0.1) is 29.6 Å². The van der Waals surface area contributed by atoms with Crippen LogP contribution >= 0.6 is 11.8 Å². The maximum atomic E-state index is 12.8. The quantitative estimate of drug-likeness (QED) is 0.795. The fourth-order valence-corrected chi connectivity index (χ4v) is 5.06. The molecule has 2 aliphatic heterocycles. The first-order chi connectivity index (χ1) is 14.4. The number of fused-ring (bicyclic) bond motifs is 1. The molecule has 2 saturated heterocycles. The highest BCUT2D eigenvalue weighted by Gasteiger charge is 2.37. The molecule has 3 heterocycles. The molecular formula is C22H25N5O2S. The van der Waals surface area contributed by atoms with Crippen molar-refractivity contribution in [1.82, 2.24) is 15.2 Å². The third kappa shape index (κ3) is 3.82. The molecule has 2 aliphatic rings. The normalized spacial score (nSPS) is 20.0. The lowest BCUT2D eigenvalue weighted by Crippen LogP contribution is -2.54. The van der Waals surface area contributed by atoms with E-state index >= 15 is 0 Å². The van der Waals surface area contributed by atoms with Crippen molar-refractivity contribution in [3.05, 3.63) is 36.0 Å². The third-order valence-electron chi connectivity index (χ3n) is 6.09. The van der Waals surface area contributed by atoms with Crippen LogP contribution in [-0.2, 0) is 4.79 Å². The van der Waals surface area contributed by atoms with Crippen LogP contribution in [0.15, 0.2) is 30.5 Å². The molecule has 2 fully saturated rings. The van der Waals surface area contributed by atoms with Crippen LogP contribution in [0.5, 0.6) is 0 Å². The fourth-order valence-electron chi connectivity index (χ4n) is 3.96. The molecule has 0 unspecified atom stereocenters. The largest absolute Gasteiger partial charge is 0.370 e. The standard InChI is InChI=1S/C22H25N5O2S/c1-3-22(2)12-26(13-22)15-4-5-19-18(8-15)17(6-7-24-19)21(29)25-10-20(28)27-14-30-11-16(27)9-23/h4-8,16H,3,10-14H2,1-2H3,(H,25,29)/t16-/m1/s1. The van der Waals surface area contributed by atoms with Crippen LogP contribution in [0.2, 0.25) is 0 Å². The van der Waals surface area contributed by atoms with Gasteiger partial charge >= 0.3 is 0 Å². The molecule has 0 bridgehead atoms. The van der Waals surface area contributed by atoms with Crippen LogP contribution in [0.4, 0.5) is 5.69 Å². The van der Waals surface area contributed by atoms with Crippen molar-refractivity contribution in [2.45, 2.75) is 26.3 Å². The summed E-state index contributed by atoms with van der Waals surface area (Å²) in [5.41, 5.74) is 2.68. The molecule has 8 heteroatoms. The van der Waals surface area contributed by atoms with Gasteiger partial charge in [-0.25, -0.2) is 0 Å². The summed E-state index contributed by atoms with van der Waals surface area (Å²) in [4.78, 5) is 33.5. The van der Waals surface area contributed by atoms with E-state index in [0.29, 0.717) is 22.6 Å². The van der Waals surface area contributed by atoms with Crippen LogP contribution in [0.1, 0.15) is 30.6 Å². The molecule has 0 aliphatic carbocycles. The number of hydrogen-bond acceptors (Lipinski definition) is 6. The number of aromatic nitrogens is 1. The van der Waals surface area contributed by atoms with Crippen molar-refractivity contribution < 1.29 is 9.59 Å². The van der Waals surface area contributed by atoms with E-state index in [1.807, 2.05) is 18.2 Å². The van der Waals surface area contributed by atoms with E-state index in [0.717, 1.165) is 36.1 Å². The zero-order chi connectivity index (χ0) is 21.3. The highest BCUT2D eigenvalue weighted by Crippen LogP contribution is 2.37. The molecule has 4 rings (SSSR count). The van der Waals surface area contributed by atoms with Crippen molar-refractivity contribution in [3.8, 4) is 6.07 Å². The summed E-state index contributed by atoms with van der Waals surface area (Å²) in [5.74, 6) is 0.552. The maximum Gasteiger partial charge on any atom is 0.252 e. The second-order valence-electron chi connectivity index (χ2n) is 8.27. The molecule has 2 amide bonds. The molecular weight excluding hydrogens is 398 g/mol. The summed E-state index contributed by atoms with van der Waals surface area (Å²) in [5, 5.41) is 12.6. The van der Waals surface area contributed by atoms with E-state index in [-0.39, 0.29) is 18.4 Å². The minimum atomic E-state index is -0.422. The maximum absolute atomic E-state index is 12.8. The second-order valence-corrected chi connectivity index (χ2v) is 9.27. The van der Waals surface area contributed by atoms with Gasteiger partial charge in [0.2, 0.25) is 5.91 Å². The van der Waals surface area contributed by atoms with Gasteiger partial charge in [0.25, 0.3) is 5.91 Å². The number of benzene rings is 1. The van der Waals surface area contributed by atoms with Crippen molar-refractivity contribution in [3.63, 3.8) is 0 Å². The minimum Gasteiger partial charge on any atom is -0.370 e. The Hall–Kier alpha value is -2.79. The zero-order valence-electron chi connectivity index (χ0n) is 17.2. The molecule has 30 heavy (non-hydrogen) atoms. The summed E-state index contributed by atoms with van der Waals surface area (Å²) in [6.45, 7) is 6.38. The fraction of sp³-hybridized carbons (Fsp3) is 0.455. The summed E-state index contributed by atoms with van der Waals surface area (Å²) in [6.07, 6.45) is 2.75. The first-order valence-corrected chi connectivity index (χ1v) is 11.3. The predicted molar refractivity (Wildman–Crippen MR) is 118 cm³/mol. The minimum absolute atomic E-state index is 0.123. The SMILES string of the molecule is CCC1(C)CN(c2ccc3nccc(C(=O)NCC(=O)N4CSC[C@H]4C#N)c3c2)C1. The van der Waals surface area contributed by atoms with Crippen molar-refractivity contribution >= 4 is 40.2 Å². The Morgan fingerprint density at radius 2 is 2.17 bits per heavy atom. The number of nitrogens with zero attached hydrogens (tertiary/aromatic N) is 4. The number of carbonyl (C=O) groups excluding carboxylic acids is 2. The van der Waals surface area contributed by atoms with Crippen LogP contribution in [-0.4, -0.2) is 59.0 Å². The van der Waals surface area contributed by atoms with Crippen LogP contribution in [0, 0.1) is 16.7 Å². The summed E-state index contributed by atoms with van der Waals surface area (Å²) < 4.78 is 0. The first-order valence-electron chi connectivity index (χ1n) is 10.1. The van der Waals surface area contributed by atoms with Gasteiger partial charge in [0.1, 0.15) is 6.04 Å². The Morgan fingerprint density at radius 3 is 2.90 bits per heavy atom. The van der Waals surface area contributed by atoms with Crippen molar-refractivity contribution in [2.75, 3.05) is 36.2 Å².